The van der Waals surface area contributed by atoms with Crippen molar-refractivity contribution in [2.45, 2.75) is 18.6 Å². The molecule has 0 saturated carbocycles. The monoisotopic (exact) mass is 265 g/mol. The first-order chi connectivity index (χ1) is 9.13. The van der Waals surface area contributed by atoms with Gasteiger partial charge in [-0.15, -0.1) is 0 Å². The van der Waals surface area contributed by atoms with Crippen molar-refractivity contribution in [3.05, 3.63) is 18.0 Å². The highest BCUT2D eigenvalue weighted by Gasteiger charge is 2.43. The van der Waals surface area contributed by atoms with Crippen LogP contribution in [0.4, 0.5) is 0 Å². The van der Waals surface area contributed by atoms with E-state index in [1.165, 1.54) is 6.20 Å². The number of amides is 1. The van der Waals surface area contributed by atoms with Gasteiger partial charge in [0.25, 0.3) is 5.91 Å². The zero-order valence-electron chi connectivity index (χ0n) is 11.3. The Morgan fingerprint density at radius 1 is 1.53 bits per heavy atom. The molecule has 1 aromatic rings. The van der Waals surface area contributed by atoms with Crippen LogP contribution in [-0.4, -0.2) is 66.8 Å². The lowest BCUT2D eigenvalue weighted by Crippen LogP contribution is -2.33. The van der Waals surface area contributed by atoms with Gasteiger partial charge in [-0.3, -0.25) is 4.79 Å². The first-order valence-electron chi connectivity index (χ1n) is 6.63. The lowest BCUT2D eigenvalue weighted by molar-refractivity contribution is 0.0241. The van der Waals surface area contributed by atoms with Crippen molar-refractivity contribution in [2.24, 2.45) is 5.92 Å². The van der Waals surface area contributed by atoms with Crippen LogP contribution in [0.3, 0.4) is 0 Å². The normalized spacial score (nSPS) is 30.1. The summed E-state index contributed by atoms with van der Waals surface area (Å²) in [6.45, 7) is 2.37. The summed E-state index contributed by atoms with van der Waals surface area (Å²) in [6, 6.07) is 1.60. The fraction of sp³-hybridized carbons (Fsp3) is 0.692. The van der Waals surface area contributed by atoms with E-state index in [1.54, 1.807) is 6.07 Å². The van der Waals surface area contributed by atoms with E-state index >= 15 is 0 Å². The van der Waals surface area contributed by atoms with Crippen molar-refractivity contribution >= 4 is 5.91 Å². The van der Waals surface area contributed by atoms with E-state index in [1.807, 2.05) is 4.90 Å². The quantitative estimate of drug-likeness (QED) is 0.795. The molecule has 104 valence electrons. The van der Waals surface area contributed by atoms with Crippen LogP contribution in [-0.2, 0) is 4.74 Å². The average molecular weight is 265 g/mol. The maximum Gasteiger partial charge on any atom is 0.292 e. The van der Waals surface area contributed by atoms with Crippen LogP contribution in [0, 0.1) is 5.92 Å². The van der Waals surface area contributed by atoms with Crippen molar-refractivity contribution in [2.75, 3.05) is 33.7 Å². The predicted molar refractivity (Wildman–Crippen MR) is 67.7 cm³/mol. The second kappa shape index (κ2) is 4.94. The summed E-state index contributed by atoms with van der Waals surface area (Å²) in [6.07, 6.45) is 3.00. The van der Waals surface area contributed by atoms with Gasteiger partial charge >= 0.3 is 0 Å². The molecule has 1 aromatic heterocycles. The van der Waals surface area contributed by atoms with Gasteiger partial charge in [0.1, 0.15) is 0 Å². The molecule has 2 aliphatic rings. The summed E-state index contributed by atoms with van der Waals surface area (Å²) in [5.74, 6) is 0.682. The number of hydrogen-bond acceptors (Lipinski definition) is 5. The van der Waals surface area contributed by atoms with Gasteiger partial charge in [-0.1, -0.05) is 5.16 Å². The smallest absolute Gasteiger partial charge is 0.292 e. The van der Waals surface area contributed by atoms with Gasteiger partial charge in [0.05, 0.1) is 18.4 Å². The Morgan fingerprint density at radius 2 is 2.37 bits per heavy atom. The molecule has 0 bridgehead atoms. The Balaban J connectivity index is 1.58. The maximum absolute atomic E-state index is 12.1. The van der Waals surface area contributed by atoms with E-state index in [9.17, 15) is 4.79 Å². The number of fused-ring (bicyclic) bond motifs is 1. The second-order valence-electron chi connectivity index (χ2n) is 5.64. The Morgan fingerprint density at radius 3 is 3.00 bits per heavy atom. The molecule has 2 fully saturated rings. The lowest BCUT2D eigenvalue weighted by Gasteiger charge is -2.20. The molecule has 0 aromatic carbocycles. The molecule has 0 spiro atoms. The molecule has 0 N–H and O–H groups in total. The minimum absolute atomic E-state index is 0.0836. The lowest BCUT2D eigenvalue weighted by atomic mass is 10.0. The van der Waals surface area contributed by atoms with E-state index in [2.05, 4.69) is 24.2 Å². The molecule has 3 heterocycles. The first-order valence-corrected chi connectivity index (χ1v) is 6.63. The highest BCUT2D eigenvalue weighted by Crippen LogP contribution is 2.33. The summed E-state index contributed by atoms with van der Waals surface area (Å²) in [4.78, 5) is 16.1. The van der Waals surface area contributed by atoms with Gasteiger partial charge in [0.2, 0.25) is 5.76 Å². The summed E-state index contributed by atoms with van der Waals surface area (Å²) in [7, 11) is 4.11. The first kappa shape index (κ1) is 12.6. The zero-order chi connectivity index (χ0) is 13.4. The topological polar surface area (TPSA) is 58.8 Å². The molecule has 19 heavy (non-hydrogen) atoms. The van der Waals surface area contributed by atoms with E-state index in [0.29, 0.717) is 24.3 Å². The van der Waals surface area contributed by atoms with Crippen LogP contribution in [0.1, 0.15) is 17.0 Å². The Kier molecular flexibility index (Phi) is 3.28. The summed E-state index contributed by atoms with van der Waals surface area (Å²) in [5.41, 5.74) is 0. The zero-order valence-corrected chi connectivity index (χ0v) is 11.3. The molecule has 3 rings (SSSR count). The molecule has 6 heteroatoms. The SMILES string of the molecule is CN(C)C[C@H]1C[C@@H]2CN(C(=O)c3ccno3)C[C@@H]2O1. The van der Waals surface area contributed by atoms with Gasteiger partial charge in [0.15, 0.2) is 0 Å². The third-order valence-corrected chi connectivity index (χ3v) is 3.82. The van der Waals surface area contributed by atoms with Crippen molar-refractivity contribution < 1.29 is 14.1 Å². The Bertz CT molecular complexity index is 432. The van der Waals surface area contributed by atoms with Crippen LogP contribution < -0.4 is 0 Å². The summed E-state index contributed by atoms with van der Waals surface area (Å²) >= 11 is 0. The number of hydrogen-bond donors (Lipinski definition) is 0. The highest BCUT2D eigenvalue weighted by molar-refractivity contribution is 5.91. The number of ether oxygens (including phenoxy) is 1. The maximum atomic E-state index is 12.1. The van der Waals surface area contributed by atoms with E-state index in [4.69, 9.17) is 9.26 Å². The number of aromatic nitrogens is 1. The molecule has 0 radical (unpaired) electrons. The second-order valence-corrected chi connectivity index (χ2v) is 5.64. The third kappa shape index (κ3) is 2.50. The van der Waals surface area contributed by atoms with E-state index in [-0.39, 0.29) is 12.0 Å². The van der Waals surface area contributed by atoms with Gasteiger partial charge < -0.3 is 19.1 Å². The fourth-order valence-corrected chi connectivity index (χ4v) is 3.03. The molecule has 3 atom stereocenters. The molecular weight excluding hydrogens is 246 g/mol. The molecule has 0 unspecified atom stereocenters. The van der Waals surface area contributed by atoms with Gasteiger partial charge in [-0.25, -0.2) is 0 Å². The molecule has 6 nitrogen and oxygen atoms in total. The number of likely N-dealkylation sites (tertiary alicyclic amines) is 1. The van der Waals surface area contributed by atoms with E-state index in [0.717, 1.165) is 19.5 Å². The number of nitrogens with zero attached hydrogens (tertiary/aromatic N) is 3. The summed E-state index contributed by atoms with van der Waals surface area (Å²) in [5, 5.41) is 3.57. The molecule has 0 aliphatic carbocycles. The highest BCUT2D eigenvalue weighted by atomic mass is 16.5. The van der Waals surface area contributed by atoms with Gasteiger partial charge in [-0.2, -0.15) is 0 Å². The predicted octanol–water partition coefficient (Wildman–Crippen LogP) is 0.466. The minimum Gasteiger partial charge on any atom is -0.371 e. The van der Waals surface area contributed by atoms with Crippen LogP contribution in [0.15, 0.2) is 16.8 Å². The van der Waals surface area contributed by atoms with Crippen LogP contribution in [0.25, 0.3) is 0 Å². The van der Waals surface area contributed by atoms with Crippen molar-refractivity contribution in [3.8, 4) is 0 Å². The van der Waals surface area contributed by atoms with Gasteiger partial charge in [0, 0.05) is 31.6 Å². The van der Waals surface area contributed by atoms with Crippen LogP contribution in [0.2, 0.25) is 0 Å². The molecular formula is C13H19N3O3. The molecule has 2 aliphatic heterocycles. The number of carbonyl (C=O) groups is 1. The average Bonchev–Trinajstić information content (AvgIpc) is 3.00. The number of carbonyl (C=O) groups excluding carboxylic acids is 1. The van der Waals surface area contributed by atoms with Crippen LogP contribution in [0.5, 0.6) is 0 Å². The standard InChI is InChI=1S/C13H19N3O3/c1-15(2)7-10-5-9-6-16(8-12(9)18-10)13(17)11-3-4-14-19-11/h3-4,9-10,12H,5-8H2,1-2H3/t9-,10-,12+/m1/s1. The number of likely N-dealkylation sites (N-methyl/N-ethyl adjacent to an activating group) is 1. The van der Waals surface area contributed by atoms with E-state index < -0.39 is 0 Å². The largest absolute Gasteiger partial charge is 0.371 e. The van der Waals surface area contributed by atoms with Crippen molar-refractivity contribution in [1.82, 2.24) is 15.0 Å². The van der Waals surface area contributed by atoms with Crippen molar-refractivity contribution in [3.63, 3.8) is 0 Å². The van der Waals surface area contributed by atoms with Crippen molar-refractivity contribution in [1.29, 1.82) is 0 Å². The summed E-state index contributed by atoms with van der Waals surface area (Å²) < 4.78 is 10.9. The molecule has 2 saturated heterocycles. The number of rotatable bonds is 3. The third-order valence-electron chi connectivity index (χ3n) is 3.82. The Labute approximate surface area is 112 Å². The van der Waals surface area contributed by atoms with Gasteiger partial charge in [-0.05, 0) is 20.5 Å². The minimum atomic E-state index is -0.0836. The van der Waals surface area contributed by atoms with Crippen LogP contribution >= 0.6 is 0 Å². The Hall–Kier alpha value is -1.40. The molecule has 1 amide bonds. The fourth-order valence-electron chi connectivity index (χ4n) is 3.03.